The van der Waals surface area contributed by atoms with E-state index in [1.807, 2.05) is 18.9 Å². The molecule has 1 N–H and O–H groups in total. The molecular formula is C25H24F3N7O2. The van der Waals surface area contributed by atoms with Crippen molar-refractivity contribution in [3.8, 4) is 17.2 Å². The van der Waals surface area contributed by atoms with Crippen molar-refractivity contribution in [2.24, 2.45) is 7.05 Å². The number of amides is 1. The van der Waals surface area contributed by atoms with Gasteiger partial charge in [-0.1, -0.05) is 0 Å². The van der Waals surface area contributed by atoms with Crippen LogP contribution in [0.1, 0.15) is 35.1 Å². The molecule has 1 aliphatic rings. The summed E-state index contributed by atoms with van der Waals surface area (Å²) in [7, 11) is 3.33. The van der Waals surface area contributed by atoms with Gasteiger partial charge in [-0.05, 0) is 26.1 Å². The van der Waals surface area contributed by atoms with Gasteiger partial charge in [-0.15, -0.1) is 0 Å². The highest BCUT2D eigenvalue weighted by Crippen LogP contribution is 2.35. The fourth-order valence-corrected chi connectivity index (χ4v) is 4.14. The molecule has 192 valence electrons. The molecule has 1 atom stereocenters. The molecule has 0 saturated carbocycles. The number of benzene rings is 1. The van der Waals surface area contributed by atoms with E-state index >= 15 is 4.39 Å². The number of rotatable bonds is 5. The van der Waals surface area contributed by atoms with Crippen LogP contribution in [0, 0.1) is 17.1 Å². The van der Waals surface area contributed by atoms with Gasteiger partial charge in [0.25, 0.3) is 17.9 Å². The highest BCUT2D eigenvalue weighted by atomic mass is 19.3. The number of aryl methyl sites for hydroxylation is 1. The lowest BCUT2D eigenvalue weighted by Crippen LogP contribution is -2.50. The largest absolute Gasteiger partial charge is 0.367 e. The molecule has 0 unspecified atom stereocenters. The lowest BCUT2D eigenvalue weighted by atomic mass is 10.0. The summed E-state index contributed by atoms with van der Waals surface area (Å²) >= 11 is 0. The number of aromatic nitrogens is 3. The number of pyridine rings is 1. The first-order chi connectivity index (χ1) is 17.6. The Balaban J connectivity index is 1.80. The number of anilines is 2. The Morgan fingerprint density at radius 2 is 1.89 bits per heavy atom. The van der Waals surface area contributed by atoms with Crippen LogP contribution in [0.4, 0.5) is 24.5 Å². The van der Waals surface area contributed by atoms with Gasteiger partial charge in [-0.25, -0.2) is 23.1 Å². The van der Waals surface area contributed by atoms with Crippen LogP contribution >= 0.6 is 0 Å². The van der Waals surface area contributed by atoms with Crippen molar-refractivity contribution in [1.29, 1.82) is 5.26 Å². The Hall–Kier alpha value is -4.24. The zero-order valence-corrected chi connectivity index (χ0v) is 20.4. The molecule has 0 bridgehead atoms. The maximum absolute atomic E-state index is 15.3. The second-order valence-corrected chi connectivity index (χ2v) is 8.88. The average Bonchev–Trinajstić information content (AvgIpc) is 2.87. The molecule has 1 saturated heterocycles. The molecule has 3 aromatic rings. The topological polar surface area (TPSA) is 107 Å². The quantitative estimate of drug-likeness (QED) is 0.561. The molecule has 1 aliphatic heterocycles. The second kappa shape index (κ2) is 10.4. The normalized spacial score (nSPS) is 16.1. The van der Waals surface area contributed by atoms with Gasteiger partial charge >= 0.3 is 0 Å². The van der Waals surface area contributed by atoms with Crippen LogP contribution in [0.15, 0.2) is 41.6 Å². The van der Waals surface area contributed by atoms with Crippen LogP contribution in [-0.4, -0.2) is 58.1 Å². The minimum absolute atomic E-state index is 0.0558. The standard InChI is InChI=1S/C25H24F3N7O2/c1-14-12-35(5-4-33(14)2)21-8-19(26)16(15-10-30-22(9-29)31-11-15)6-20(21)32-25(37)18-13-34(3)23(36)7-17(18)24(27)28/h6-8,10-11,13-14,24H,4-5,12H2,1-3H3,(H,32,37)/t14-/m0/s1. The Kier molecular flexibility index (Phi) is 7.26. The van der Waals surface area contributed by atoms with Crippen LogP contribution in [0.3, 0.4) is 0 Å². The monoisotopic (exact) mass is 511 g/mol. The fraction of sp³-hybridized carbons (Fsp3) is 0.320. The number of nitrogens with one attached hydrogen (secondary N) is 1. The molecule has 37 heavy (non-hydrogen) atoms. The van der Waals surface area contributed by atoms with E-state index in [9.17, 15) is 18.4 Å². The van der Waals surface area contributed by atoms with Crippen LogP contribution in [0.25, 0.3) is 11.1 Å². The summed E-state index contributed by atoms with van der Waals surface area (Å²) in [5, 5.41) is 11.6. The number of carbonyl (C=O) groups is 1. The van der Waals surface area contributed by atoms with Crippen molar-refractivity contribution >= 4 is 17.3 Å². The Labute approximate surface area is 210 Å². The predicted octanol–water partition coefficient (Wildman–Crippen LogP) is 3.18. The van der Waals surface area contributed by atoms with Crippen LogP contribution in [0.5, 0.6) is 0 Å². The van der Waals surface area contributed by atoms with Gasteiger partial charge in [0.2, 0.25) is 5.82 Å². The number of alkyl halides is 2. The highest BCUT2D eigenvalue weighted by molar-refractivity contribution is 6.07. The Morgan fingerprint density at radius 1 is 1.19 bits per heavy atom. The first kappa shape index (κ1) is 25.8. The van der Waals surface area contributed by atoms with Crippen LogP contribution < -0.4 is 15.8 Å². The molecule has 4 rings (SSSR count). The summed E-state index contributed by atoms with van der Waals surface area (Å²) in [5.74, 6) is -1.57. The molecular weight excluding hydrogens is 487 g/mol. The van der Waals surface area contributed by atoms with Gasteiger partial charge in [0.1, 0.15) is 11.9 Å². The first-order valence-corrected chi connectivity index (χ1v) is 11.4. The summed E-state index contributed by atoms with van der Waals surface area (Å²) in [5.41, 5.74) is -0.852. The lowest BCUT2D eigenvalue weighted by Gasteiger charge is -2.39. The van der Waals surface area contributed by atoms with Crippen molar-refractivity contribution in [1.82, 2.24) is 19.4 Å². The van der Waals surface area contributed by atoms with Gasteiger partial charge in [-0.2, -0.15) is 5.26 Å². The number of halogens is 3. The van der Waals surface area contributed by atoms with Crippen molar-refractivity contribution in [3.05, 3.63) is 69.9 Å². The highest BCUT2D eigenvalue weighted by Gasteiger charge is 2.26. The molecule has 0 radical (unpaired) electrons. The van der Waals surface area contributed by atoms with E-state index < -0.39 is 29.3 Å². The summed E-state index contributed by atoms with van der Waals surface area (Å²) in [6.45, 7) is 3.80. The van der Waals surface area contributed by atoms with E-state index in [-0.39, 0.29) is 34.2 Å². The van der Waals surface area contributed by atoms with Gasteiger partial charge in [0.05, 0.1) is 16.9 Å². The summed E-state index contributed by atoms with van der Waals surface area (Å²) in [4.78, 5) is 36.9. The number of piperazine rings is 1. The molecule has 1 fully saturated rings. The number of nitriles is 1. The van der Waals surface area contributed by atoms with Crippen molar-refractivity contribution in [2.75, 3.05) is 36.9 Å². The van der Waals surface area contributed by atoms with Crippen LogP contribution in [0.2, 0.25) is 0 Å². The van der Waals surface area contributed by atoms with E-state index in [0.29, 0.717) is 25.3 Å². The number of hydrogen-bond donors (Lipinski definition) is 1. The molecule has 0 aliphatic carbocycles. The lowest BCUT2D eigenvalue weighted by molar-refractivity contribution is 0.101. The van der Waals surface area contributed by atoms with Gasteiger partial charge in [0.15, 0.2) is 0 Å². The van der Waals surface area contributed by atoms with E-state index in [1.165, 1.54) is 31.6 Å². The summed E-state index contributed by atoms with van der Waals surface area (Å²) in [6, 6.07) is 5.32. The maximum Gasteiger partial charge on any atom is 0.264 e. The second-order valence-electron chi connectivity index (χ2n) is 8.88. The number of likely N-dealkylation sites (N-methyl/N-ethyl adjacent to an activating group) is 1. The number of nitrogens with zero attached hydrogens (tertiary/aromatic N) is 6. The fourth-order valence-electron chi connectivity index (χ4n) is 4.14. The molecule has 9 nitrogen and oxygen atoms in total. The Bertz CT molecular complexity index is 1430. The molecule has 2 aromatic heterocycles. The zero-order valence-electron chi connectivity index (χ0n) is 20.4. The first-order valence-electron chi connectivity index (χ1n) is 11.4. The third-order valence-corrected chi connectivity index (χ3v) is 6.44. The van der Waals surface area contributed by atoms with Crippen molar-refractivity contribution < 1.29 is 18.0 Å². The van der Waals surface area contributed by atoms with Gasteiger partial charge < -0.3 is 19.7 Å². The average molecular weight is 512 g/mol. The maximum atomic E-state index is 15.3. The molecule has 12 heteroatoms. The molecule has 1 amide bonds. The third-order valence-electron chi connectivity index (χ3n) is 6.44. The smallest absolute Gasteiger partial charge is 0.264 e. The van der Waals surface area contributed by atoms with Gasteiger partial charge in [-0.3, -0.25) is 9.59 Å². The van der Waals surface area contributed by atoms with Crippen LogP contribution in [-0.2, 0) is 7.05 Å². The minimum atomic E-state index is -3.05. The van der Waals surface area contributed by atoms with Crippen molar-refractivity contribution in [3.63, 3.8) is 0 Å². The Morgan fingerprint density at radius 3 is 2.51 bits per heavy atom. The molecule has 0 spiro atoms. The molecule has 1 aromatic carbocycles. The summed E-state index contributed by atoms with van der Waals surface area (Å²) < 4.78 is 43.7. The number of hydrogen-bond acceptors (Lipinski definition) is 7. The third kappa shape index (κ3) is 5.31. The van der Waals surface area contributed by atoms with E-state index in [0.717, 1.165) is 16.8 Å². The van der Waals surface area contributed by atoms with Gasteiger partial charge in [0, 0.05) is 74.1 Å². The van der Waals surface area contributed by atoms with Crippen molar-refractivity contribution in [2.45, 2.75) is 19.4 Å². The number of carbonyl (C=O) groups excluding carboxylic acids is 1. The van der Waals surface area contributed by atoms with E-state index in [4.69, 9.17) is 5.26 Å². The molecule has 3 heterocycles. The van der Waals surface area contributed by atoms with E-state index in [2.05, 4.69) is 20.2 Å². The summed E-state index contributed by atoms with van der Waals surface area (Å²) in [6.07, 6.45) is 0.576. The van der Waals surface area contributed by atoms with E-state index in [1.54, 1.807) is 6.07 Å². The zero-order chi connectivity index (χ0) is 26.9. The SMILES string of the molecule is C[C@H]1CN(c2cc(F)c(-c3cnc(C#N)nc3)cc2NC(=O)c2cn(C)c(=O)cc2C(F)F)CCN1C. The predicted molar refractivity (Wildman–Crippen MR) is 131 cm³/mol. The minimum Gasteiger partial charge on any atom is -0.367 e.